The zero-order valence-corrected chi connectivity index (χ0v) is 17.9. The number of carbonyl (C=O) groups excluding carboxylic acids is 2. The Labute approximate surface area is 175 Å². The van der Waals surface area contributed by atoms with E-state index in [0.29, 0.717) is 0 Å². The third-order valence-corrected chi connectivity index (χ3v) is 7.18. The van der Waals surface area contributed by atoms with Gasteiger partial charge in [-0.25, -0.2) is 19.7 Å². The minimum atomic E-state index is -3.90. The molecule has 1 atom stereocenters. The summed E-state index contributed by atoms with van der Waals surface area (Å²) in [6.07, 6.45) is 0.550. The first-order valence-electron chi connectivity index (χ1n) is 9.08. The molecule has 0 bridgehead atoms. The molecule has 2 amide bonds. The Balaban J connectivity index is 2.19. The molecule has 0 fully saturated rings. The van der Waals surface area contributed by atoms with Crippen molar-refractivity contribution in [3.05, 3.63) is 53.6 Å². The van der Waals surface area contributed by atoms with E-state index in [0.717, 1.165) is 34.9 Å². The van der Waals surface area contributed by atoms with Gasteiger partial charge in [-0.3, -0.25) is 19.8 Å². The Morgan fingerprint density at radius 2 is 1.70 bits per heavy atom. The lowest BCUT2D eigenvalue weighted by molar-refractivity contribution is -0.131. The molecule has 0 radical (unpaired) electrons. The first-order chi connectivity index (χ1) is 13.9. The van der Waals surface area contributed by atoms with Gasteiger partial charge in [0.15, 0.2) is 14.6 Å². The van der Waals surface area contributed by atoms with Crippen LogP contribution < -0.4 is 17.1 Å². The number of sulfone groups is 1. The molecular weight excluding hydrogens is 408 g/mol. The molecule has 0 aromatic heterocycles. The molecule has 0 spiro atoms. The number of carbonyl (C=O) groups is 2. The molecule has 6 N–H and O–H groups in total. The smallest absolute Gasteiger partial charge is 0.269 e. The second kappa shape index (κ2) is 8.82. The van der Waals surface area contributed by atoms with Crippen molar-refractivity contribution in [1.29, 1.82) is 0 Å². The largest absolute Gasteiger partial charge is 0.398 e. The molecule has 9 nitrogen and oxygen atoms in total. The van der Waals surface area contributed by atoms with E-state index in [-0.39, 0.29) is 24.2 Å². The summed E-state index contributed by atoms with van der Waals surface area (Å²) in [6, 6.07) is 12.8. The number of hydrogen-bond acceptors (Lipinski definition) is 7. The Bertz CT molecular complexity index is 1050. The number of rotatable bonds is 7. The van der Waals surface area contributed by atoms with Crippen LogP contribution in [0.5, 0.6) is 0 Å². The second-order valence-electron chi connectivity index (χ2n) is 7.36. The van der Waals surface area contributed by atoms with Gasteiger partial charge in [-0.05, 0) is 43.5 Å². The lowest BCUT2D eigenvalue weighted by Crippen LogP contribution is -2.52. The van der Waals surface area contributed by atoms with Crippen molar-refractivity contribution in [1.82, 2.24) is 10.5 Å². The van der Waals surface area contributed by atoms with Crippen LogP contribution in [0, 0.1) is 6.92 Å². The monoisotopic (exact) mass is 434 g/mol. The van der Waals surface area contributed by atoms with Gasteiger partial charge in [0.1, 0.15) is 0 Å². The van der Waals surface area contributed by atoms with Crippen molar-refractivity contribution in [2.24, 2.45) is 5.84 Å². The molecular formula is C20H26N4O5S. The maximum atomic E-state index is 12.7. The SMILES string of the molecule is Cc1ccc(-c2ccc(C(=O)N(N)CCC(C)(C(=O)NO)S(C)(=O)=O)c(N)c2)cc1. The first-order valence-corrected chi connectivity index (χ1v) is 11.0. The van der Waals surface area contributed by atoms with Gasteiger partial charge in [0.25, 0.3) is 11.8 Å². The number of nitrogens with two attached hydrogens (primary N) is 2. The predicted octanol–water partition coefficient (Wildman–Crippen LogP) is 1.26. The van der Waals surface area contributed by atoms with Crippen LogP contribution in [-0.2, 0) is 14.6 Å². The minimum Gasteiger partial charge on any atom is -0.398 e. The minimum absolute atomic E-state index is 0.154. The van der Waals surface area contributed by atoms with Crippen molar-refractivity contribution in [2.45, 2.75) is 25.0 Å². The molecule has 0 aliphatic rings. The zero-order valence-electron chi connectivity index (χ0n) is 17.0. The highest BCUT2D eigenvalue weighted by Gasteiger charge is 2.43. The van der Waals surface area contributed by atoms with E-state index in [9.17, 15) is 18.0 Å². The molecule has 30 heavy (non-hydrogen) atoms. The lowest BCUT2D eigenvalue weighted by atomic mass is 10.0. The highest BCUT2D eigenvalue weighted by molar-refractivity contribution is 7.92. The van der Waals surface area contributed by atoms with Crippen LogP contribution in [0.25, 0.3) is 11.1 Å². The van der Waals surface area contributed by atoms with Crippen molar-refractivity contribution in [3.8, 4) is 11.1 Å². The lowest BCUT2D eigenvalue weighted by Gasteiger charge is -2.27. The number of nitrogens with one attached hydrogen (secondary N) is 1. The fraction of sp³-hybridized carbons (Fsp3) is 0.300. The number of benzene rings is 2. The summed E-state index contributed by atoms with van der Waals surface area (Å²) in [5.74, 6) is 4.09. The summed E-state index contributed by atoms with van der Waals surface area (Å²) < 4.78 is 22.1. The quantitative estimate of drug-likeness (QED) is 0.168. The van der Waals surface area contributed by atoms with Crippen molar-refractivity contribution < 1.29 is 23.2 Å². The third kappa shape index (κ3) is 4.78. The molecule has 2 aromatic rings. The van der Waals surface area contributed by atoms with Crippen LogP contribution in [0.1, 0.15) is 29.3 Å². The van der Waals surface area contributed by atoms with Crippen molar-refractivity contribution in [2.75, 3.05) is 18.5 Å². The molecule has 0 aliphatic heterocycles. The summed E-state index contributed by atoms with van der Waals surface area (Å²) in [5.41, 5.74) is 10.7. The van der Waals surface area contributed by atoms with Gasteiger partial charge in [0.05, 0.1) is 5.56 Å². The fourth-order valence-electron chi connectivity index (χ4n) is 2.86. The van der Waals surface area contributed by atoms with Gasteiger partial charge in [0.2, 0.25) is 0 Å². The van der Waals surface area contributed by atoms with E-state index in [4.69, 9.17) is 16.8 Å². The van der Waals surface area contributed by atoms with E-state index in [1.54, 1.807) is 18.2 Å². The summed E-state index contributed by atoms with van der Waals surface area (Å²) in [7, 11) is -3.90. The standard InChI is InChI=1S/C20H26N4O5S/c1-13-4-6-14(7-5-13)15-8-9-16(17(21)12-15)18(25)24(22)11-10-20(2,19(26)23-27)30(3,28)29/h4-9,12,27H,10-11,21-22H2,1-3H3,(H,23,26). The van der Waals surface area contributed by atoms with Gasteiger partial charge >= 0.3 is 0 Å². The summed E-state index contributed by atoms with van der Waals surface area (Å²) in [5, 5.41) is 9.66. The number of anilines is 1. The van der Waals surface area contributed by atoms with Crippen LogP contribution in [0.15, 0.2) is 42.5 Å². The maximum Gasteiger partial charge on any atom is 0.269 e. The van der Waals surface area contributed by atoms with Crippen LogP contribution in [0.3, 0.4) is 0 Å². The Hall–Kier alpha value is -2.95. The number of nitrogen functional groups attached to an aromatic ring is 1. The van der Waals surface area contributed by atoms with E-state index in [1.807, 2.05) is 31.2 Å². The number of hydrogen-bond donors (Lipinski definition) is 4. The highest BCUT2D eigenvalue weighted by Crippen LogP contribution is 2.26. The molecule has 0 heterocycles. The summed E-state index contributed by atoms with van der Waals surface area (Å²) in [4.78, 5) is 24.6. The average Bonchev–Trinajstić information content (AvgIpc) is 2.70. The molecule has 0 saturated carbocycles. The zero-order chi connectivity index (χ0) is 22.7. The van der Waals surface area contributed by atoms with Crippen molar-refractivity contribution in [3.63, 3.8) is 0 Å². The van der Waals surface area contributed by atoms with Crippen LogP contribution in [0.2, 0.25) is 0 Å². The van der Waals surface area contributed by atoms with Gasteiger partial charge in [0, 0.05) is 18.5 Å². The highest BCUT2D eigenvalue weighted by atomic mass is 32.2. The Kier molecular flexibility index (Phi) is 6.86. The van der Waals surface area contributed by atoms with Gasteiger partial charge in [-0.2, -0.15) is 0 Å². The van der Waals surface area contributed by atoms with Crippen LogP contribution in [0.4, 0.5) is 5.69 Å². The molecule has 0 saturated heterocycles. The first kappa shape index (κ1) is 23.3. The van der Waals surface area contributed by atoms with E-state index >= 15 is 0 Å². The molecule has 2 rings (SSSR count). The molecule has 2 aromatic carbocycles. The molecule has 10 heteroatoms. The number of nitrogens with zero attached hydrogens (tertiary/aromatic N) is 1. The maximum absolute atomic E-state index is 12.7. The summed E-state index contributed by atoms with van der Waals surface area (Å²) in [6.45, 7) is 2.88. The number of aryl methyl sites for hydroxylation is 1. The topological polar surface area (TPSA) is 156 Å². The average molecular weight is 435 g/mol. The van der Waals surface area contributed by atoms with Gasteiger partial charge in [-0.15, -0.1) is 0 Å². The van der Waals surface area contributed by atoms with Crippen molar-refractivity contribution >= 4 is 27.3 Å². The summed E-state index contributed by atoms with van der Waals surface area (Å²) >= 11 is 0. The van der Waals surface area contributed by atoms with E-state index in [2.05, 4.69) is 0 Å². The van der Waals surface area contributed by atoms with Gasteiger partial charge in [-0.1, -0.05) is 35.9 Å². The van der Waals surface area contributed by atoms with E-state index < -0.39 is 26.4 Å². The molecule has 0 aliphatic carbocycles. The number of amides is 2. The van der Waals surface area contributed by atoms with Crippen LogP contribution >= 0.6 is 0 Å². The Morgan fingerprint density at radius 3 is 2.20 bits per heavy atom. The molecule has 1 unspecified atom stereocenters. The third-order valence-electron chi connectivity index (χ3n) is 5.16. The Morgan fingerprint density at radius 1 is 1.13 bits per heavy atom. The molecule has 162 valence electrons. The van der Waals surface area contributed by atoms with Gasteiger partial charge < -0.3 is 5.73 Å². The predicted molar refractivity (Wildman–Crippen MR) is 114 cm³/mol. The van der Waals surface area contributed by atoms with Crippen LogP contribution in [-0.4, -0.2) is 48.0 Å². The fourth-order valence-corrected chi connectivity index (χ4v) is 3.70. The normalized spacial score (nSPS) is 13.4. The van der Waals surface area contributed by atoms with E-state index in [1.165, 1.54) is 5.48 Å². The second-order valence-corrected chi connectivity index (χ2v) is 9.81. The number of hydroxylamine groups is 1. The number of hydrazine groups is 1.